The lowest BCUT2D eigenvalue weighted by atomic mass is 10.5. The summed E-state index contributed by atoms with van der Waals surface area (Å²) in [5, 5.41) is 4.04. The molecule has 0 aliphatic rings. The first-order chi connectivity index (χ1) is 6.25. The predicted octanol–water partition coefficient (Wildman–Crippen LogP) is 0.553. The van der Waals surface area contributed by atoms with Gasteiger partial charge in [-0.25, -0.2) is 14.6 Å². The van der Waals surface area contributed by atoms with Gasteiger partial charge in [0.1, 0.15) is 11.6 Å². The van der Waals surface area contributed by atoms with Crippen LogP contribution >= 0.6 is 0 Å². The summed E-state index contributed by atoms with van der Waals surface area (Å²) in [5.74, 6) is 1.79. The Kier molecular flexibility index (Phi) is 1.70. The molecule has 0 aliphatic carbocycles. The fourth-order valence-corrected chi connectivity index (χ4v) is 1.10. The third-order valence-electron chi connectivity index (χ3n) is 1.58. The molecule has 0 aliphatic heterocycles. The topological polar surface area (TPSA) is 69.6 Å². The van der Waals surface area contributed by atoms with Crippen LogP contribution in [-0.2, 0) is 0 Å². The molecule has 0 unspecified atom stereocenters. The SMILES string of the molecule is Cc1nc(N)cc(-n2cccn2)n1. The first-order valence-corrected chi connectivity index (χ1v) is 3.87. The lowest BCUT2D eigenvalue weighted by Crippen LogP contribution is -2.03. The Morgan fingerprint density at radius 2 is 2.23 bits per heavy atom. The Bertz CT molecular complexity index is 386. The second-order valence-electron chi connectivity index (χ2n) is 2.65. The van der Waals surface area contributed by atoms with Crippen molar-refractivity contribution in [2.45, 2.75) is 6.92 Å². The van der Waals surface area contributed by atoms with Crippen LogP contribution < -0.4 is 5.73 Å². The molecule has 0 saturated heterocycles. The molecule has 2 aromatic heterocycles. The van der Waals surface area contributed by atoms with Gasteiger partial charge in [-0.3, -0.25) is 0 Å². The summed E-state index contributed by atoms with van der Waals surface area (Å²) in [6.07, 6.45) is 3.49. The Morgan fingerprint density at radius 1 is 1.38 bits per heavy atom. The number of anilines is 1. The summed E-state index contributed by atoms with van der Waals surface area (Å²) >= 11 is 0. The van der Waals surface area contributed by atoms with E-state index in [2.05, 4.69) is 15.1 Å². The van der Waals surface area contributed by atoms with E-state index in [4.69, 9.17) is 5.73 Å². The van der Waals surface area contributed by atoms with Crippen molar-refractivity contribution in [3.8, 4) is 5.82 Å². The highest BCUT2D eigenvalue weighted by Crippen LogP contribution is 2.06. The van der Waals surface area contributed by atoms with Gasteiger partial charge in [0.2, 0.25) is 0 Å². The summed E-state index contributed by atoms with van der Waals surface area (Å²) in [6, 6.07) is 3.51. The molecule has 13 heavy (non-hydrogen) atoms. The molecule has 5 heteroatoms. The average Bonchev–Trinajstić information content (AvgIpc) is 2.53. The highest BCUT2D eigenvalue weighted by Gasteiger charge is 2.00. The molecular weight excluding hydrogens is 166 g/mol. The van der Waals surface area contributed by atoms with Gasteiger partial charge in [-0.1, -0.05) is 0 Å². The van der Waals surface area contributed by atoms with Crippen molar-refractivity contribution in [3.05, 3.63) is 30.4 Å². The fraction of sp³-hybridized carbons (Fsp3) is 0.125. The molecule has 0 saturated carbocycles. The largest absolute Gasteiger partial charge is 0.384 e. The van der Waals surface area contributed by atoms with Gasteiger partial charge in [-0.05, 0) is 13.0 Å². The molecule has 2 rings (SSSR count). The minimum absolute atomic E-state index is 0.456. The van der Waals surface area contributed by atoms with Crippen molar-refractivity contribution >= 4 is 5.82 Å². The van der Waals surface area contributed by atoms with Crippen LogP contribution in [0, 0.1) is 6.92 Å². The van der Waals surface area contributed by atoms with Crippen molar-refractivity contribution in [1.29, 1.82) is 0 Å². The molecule has 2 aromatic rings. The smallest absolute Gasteiger partial charge is 0.159 e. The first kappa shape index (κ1) is 7.72. The van der Waals surface area contributed by atoms with Crippen molar-refractivity contribution in [2.24, 2.45) is 0 Å². The van der Waals surface area contributed by atoms with Gasteiger partial charge in [0, 0.05) is 18.5 Å². The van der Waals surface area contributed by atoms with Crippen LogP contribution in [0.5, 0.6) is 0 Å². The lowest BCUT2D eigenvalue weighted by Gasteiger charge is -2.01. The molecule has 2 N–H and O–H groups in total. The fourth-order valence-electron chi connectivity index (χ4n) is 1.10. The van der Waals surface area contributed by atoms with E-state index in [-0.39, 0.29) is 0 Å². The maximum atomic E-state index is 5.57. The van der Waals surface area contributed by atoms with Gasteiger partial charge < -0.3 is 5.73 Å². The standard InChI is InChI=1S/C8H9N5/c1-6-11-7(9)5-8(12-6)13-4-2-3-10-13/h2-5H,1H3,(H2,9,11,12). The molecule has 0 fully saturated rings. The van der Waals surface area contributed by atoms with Gasteiger partial charge in [0.15, 0.2) is 5.82 Å². The molecule has 0 amide bonds. The highest BCUT2D eigenvalue weighted by molar-refractivity contribution is 5.36. The molecular formula is C8H9N5. The number of hydrogen-bond donors (Lipinski definition) is 1. The summed E-state index contributed by atoms with van der Waals surface area (Å²) < 4.78 is 1.64. The third-order valence-corrected chi connectivity index (χ3v) is 1.58. The molecule has 2 heterocycles. The number of rotatable bonds is 1. The molecule has 0 atom stereocenters. The van der Waals surface area contributed by atoms with E-state index in [1.807, 2.05) is 6.07 Å². The van der Waals surface area contributed by atoms with Crippen molar-refractivity contribution < 1.29 is 0 Å². The second kappa shape index (κ2) is 2.85. The van der Waals surface area contributed by atoms with Crippen molar-refractivity contribution in [3.63, 3.8) is 0 Å². The van der Waals surface area contributed by atoms with E-state index in [0.29, 0.717) is 17.5 Å². The quantitative estimate of drug-likeness (QED) is 0.687. The maximum absolute atomic E-state index is 5.57. The molecule has 0 bridgehead atoms. The zero-order valence-corrected chi connectivity index (χ0v) is 7.18. The molecule has 66 valence electrons. The normalized spacial score (nSPS) is 10.2. The summed E-state index contributed by atoms with van der Waals surface area (Å²) in [4.78, 5) is 8.16. The Balaban J connectivity index is 2.53. The summed E-state index contributed by atoms with van der Waals surface area (Å²) in [5.41, 5.74) is 5.57. The third kappa shape index (κ3) is 1.48. The van der Waals surface area contributed by atoms with Crippen LogP contribution in [0.1, 0.15) is 5.82 Å². The maximum Gasteiger partial charge on any atom is 0.159 e. The van der Waals surface area contributed by atoms with Crippen LogP contribution in [-0.4, -0.2) is 19.7 Å². The van der Waals surface area contributed by atoms with Crippen LogP contribution in [0.25, 0.3) is 5.82 Å². The van der Waals surface area contributed by atoms with Crippen molar-refractivity contribution in [2.75, 3.05) is 5.73 Å². The number of nitrogens with two attached hydrogens (primary N) is 1. The number of hydrogen-bond acceptors (Lipinski definition) is 4. The number of nitrogens with zero attached hydrogens (tertiary/aromatic N) is 4. The predicted molar refractivity (Wildman–Crippen MR) is 48.3 cm³/mol. The van der Waals surface area contributed by atoms with Gasteiger partial charge in [0.05, 0.1) is 0 Å². The number of aryl methyl sites for hydroxylation is 1. The Morgan fingerprint density at radius 3 is 2.85 bits per heavy atom. The van der Waals surface area contributed by atoms with Crippen molar-refractivity contribution in [1.82, 2.24) is 19.7 Å². The van der Waals surface area contributed by atoms with E-state index in [0.717, 1.165) is 0 Å². The van der Waals surface area contributed by atoms with Crippen LogP contribution in [0.4, 0.5) is 5.82 Å². The Labute approximate surface area is 75.2 Å². The van der Waals surface area contributed by atoms with Gasteiger partial charge >= 0.3 is 0 Å². The minimum Gasteiger partial charge on any atom is -0.384 e. The molecule has 0 aromatic carbocycles. The molecule has 0 radical (unpaired) electrons. The number of nitrogen functional groups attached to an aromatic ring is 1. The Hall–Kier alpha value is -1.91. The average molecular weight is 175 g/mol. The van der Waals surface area contributed by atoms with E-state index in [9.17, 15) is 0 Å². The van der Waals surface area contributed by atoms with Crippen LogP contribution in [0.2, 0.25) is 0 Å². The summed E-state index contributed by atoms with van der Waals surface area (Å²) in [7, 11) is 0. The molecule has 5 nitrogen and oxygen atoms in total. The zero-order valence-electron chi connectivity index (χ0n) is 7.18. The van der Waals surface area contributed by atoms with Gasteiger partial charge in [0.25, 0.3) is 0 Å². The monoisotopic (exact) mass is 175 g/mol. The van der Waals surface area contributed by atoms with Gasteiger partial charge in [-0.2, -0.15) is 5.10 Å². The van der Waals surface area contributed by atoms with Gasteiger partial charge in [-0.15, -0.1) is 0 Å². The van der Waals surface area contributed by atoms with E-state index >= 15 is 0 Å². The van der Waals surface area contributed by atoms with E-state index in [1.165, 1.54) is 0 Å². The minimum atomic E-state index is 0.456. The number of aromatic nitrogens is 4. The van der Waals surface area contributed by atoms with Crippen LogP contribution in [0.3, 0.4) is 0 Å². The summed E-state index contributed by atoms with van der Waals surface area (Å²) in [6.45, 7) is 1.80. The molecule has 0 spiro atoms. The second-order valence-corrected chi connectivity index (χ2v) is 2.65. The first-order valence-electron chi connectivity index (χ1n) is 3.87. The van der Waals surface area contributed by atoms with E-state index < -0.39 is 0 Å². The zero-order chi connectivity index (χ0) is 9.26. The van der Waals surface area contributed by atoms with Crippen LogP contribution in [0.15, 0.2) is 24.5 Å². The lowest BCUT2D eigenvalue weighted by molar-refractivity contribution is 0.830. The highest BCUT2D eigenvalue weighted by atomic mass is 15.3. The van der Waals surface area contributed by atoms with E-state index in [1.54, 1.807) is 30.1 Å².